The average molecular weight is 329 g/mol. The number of nitrogens with two attached hydrogens (primary N) is 1. The third-order valence-corrected chi connectivity index (χ3v) is 3.97. The number of nitrogens with zero attached hydrogens (tertiary/aromatic N) is 1. The number of hydrogen-bond acceptors (Lipinski definition) is 3. The van der Waals surface area contributed by atoms with Crippen LogP contribution in [-0.4, -0.2) is 24.2 Å². The quantitative estimate of drug-likeness (QED) is 0.594. The number of guanidine groups is 1. The molecule has 0 aliphatic carbocycles. The van der Waals surface area contributed by atoms with Crippen molar-refractivity contribution in [2.75, 3.05) is 13.2 Å². The molecule has 0 saturated heterocycles. The summed E-state index contributed by atoms with van der Waals surface area (Å²) in [6.07, 6.45) is -0.0405. The van der Waals surface area contributed by atoms with Crippen molar-refractivity contribution in [1.82, 2.24) is 5.32 Å². The SMILES string of the molecule is NC(=NCC(O)c1ccc(F)cc1)NC1CCOc2ccccc21. The van der Waals surface area contributed by atoms with Gasteiger partial charge in [-0.15, -0.1) is 0 Å². The highest BCUT2D eigenvalue weighted by Crippen LogP contribution is 2.31. The Morgan fingerprint density at radius 3 is 2.83 bits per heavy atom. The monoisotopic (exact) mass is 329 g/mol. The summed E-state index contributed by atoms with van der Waals surface area (Å²) in [5.74, 6) is 0.770. The van der Waals surface area contributed by atoms with Gasteiger partial charge in [-0.2, -0.15) is 0 Å². The van der Waals surface area contributed by atoms with Crippen molar-refractivity contribution in [3.63, 3.8) is 0 Å². The molecule has 6 heteroatoms. The highest BCUT2D eigenvalue weighted by molar-refractivity contribution is 5.78. The number of rotatable bonds is 4. The van der Waals surface area contributed by atoms with Crippen LogP contribution in [0.4, 0.5) is 4.39 Å². The molecule has 5 nitrogen and oxygen atoms in total. The van der Waals surface area contributed by atoms with E-state index >= 15 is 0 Å². The zero-order valence-corrected chi connectivity index (χ0v) is 13.2. The Morgan fingerprint density at radius 2 is 2.04 bits per heavy atom. The van der Waals surface area contributed by atoms with Gasteiger partial charge in [0.05, 0.1) is 25.3 Å². The van der Waals surface area contributed by atoms with Gasteiger partial charge in [-0.05, 0) is 23.8 Å². The van der Waals surface area contributed by atoms with Crippen molar-refractivity contribution in [2.45, 2.75) is 18.6 Å². The number of nitrogens with one attached hydrogen (secondary N) is 1. The number of hydrogen-bond donors (Lipinski definition) is 3. The molecule has 0 aromatic heterocycles. The topological polar surface area (TPSA) is 79.9 Å². The van der Waals surface area contributed by atoms with Crippen LogP contribution >= 0.6 is 0 Å². The van der Waals surface area contributed by atoms with Crippen molar-refractivity contribution < 1.29 is 14.2 Å². The van der Waals surface area contributed by atoms with Crippen molar-refractivity contribution >= 4 is 5.96 Å². The molecule has 0 amide bonds. The van der Waals surface area contributed by atoms with Crippen LogP contribution in [0.3, 0.4) is 0 Å². The molecule has 3 rings (SSSR count). The smallest absolute Gasteiger partial charge is 0.189 e. The van der Waals surface area contributed by atoms with E-state index < -0.39 is 6.10 Å². The van der Waals surface area contributed by atoms with E-state index in [1.54, 1.807) is 0 Å². The molecule has 1 aliphatic rings. The number of aliphatic imine (C=N–C) groups is 1. The fourth-order valence-electron chi connectivity index (χ4n) is 2.69. The molecule has 2 unspecified atom stereocenters. The molecule has 0 radical (unpaired) electrons. The van der Waals surface area contributed by atoms with Crippen LogP contribution in [0, 0.1) is 5.82 Å². The molecule has 126 valence electrons. The summed E-state index contributed by atoms with van der Waals surface area (Å²) in [7, 11) is 0. The van der Waals surface area contributed by atoms with E-state index in [4.69, 9.17) is 10.5 Å². The standard InChI is InChI=1S/C18H20FN3O2/c19-13-7-5-12(6-8-13)16(23)11-21-18(20)22-15-9-10-24-17-4-2-1-3-14(15)17/h1-8,15-16,23H,9-11H2,(H3,20,21,22). The lowest BCUT2D eigenvalue weighted by Crippen LogP contribution is -2.37. The second-order valence-corrected chi connectivity index (χ2v) is 5.67. The summed E-state index contributed by atoms with van der Waals surface area (Å²) >= 11 is 0. The van der Waals surface area contributed by atoms with Gasteiger partial charge in [0.1, 0.15) is 11.6 Å². The minimum atomic E-state index is -0.826. The Labute approximate surface area is 140 Å². The lowest BCUT2D eigenvalue weighted by atomic mass is 10.0. The van der Waals surface area contributed by atoms with E-state index in [2.05, 4.69) is 10.3 Å². The first kappa shape index (κ1) is 16.3. The van der Waals surface area contributed by atoms with E-state index in [-0.39, 0.29) is 24.4 Å². The van der Waals surface area contributed by atoms with Crippen LogP contribution in [0.1, 0.15) is 29.7 Å². The van der Waals surface area contributed by atoms with Gasteiger partial charge in [-0.25, -0.2) is 4.39 Å². The normalized spacial score (nSPS) is 18.4. The minimum absolute atomic E-state index is 0.0293. The Bertz CT molecular complexity index is 718. The molecule has 2 aromatic carbocycles. The van der Waals surface area contributed by atoms with Crippen LogP contribution in [0.2, 0.25) is 0 Å². The second kappa shape index (κ2) is 7.31. The summed E-state index contributed by atoms with van der Waals surface area (Å²) in [6.45, 7) is 0.718. The lowest BCUT2D eigenvalue weighted by Gasteiger charge is -2.27. The maximum atomic E-state index is 12.9. The van der Waals surface area contributed by atoms with E-state index in [1.165, 1.54) is 24.3 Å². The zero-order valence-electron chi connectivity index (χ0n) is 13.2. The van der Waals surface area contributed by atoms with E-state index in [0.717, 1.165) is 17.7 Å². The average Bonchev–Trinajstić information content (AvgIpc) is 2.61. The lowest BCUT2D eigenvalue weighted by molar-refractivity contribution is 0.187. The summed E-state index contributed by atoms with van der Waals surface area (Å²) in [6, 6.07) is 13.5. The highest BCUT2D eigenvalue weighted by atomic mass is 19.1. The van der Waals surface area contributed by atoms with Crippen LogP contribution < -0.4 is 15.8 Å². The Morgan fingerprint density at radius 1 is 1.29 bits per heavy atom. The van der Waals surface area contributed by atoms with E-state index in [9.17, 15) is 9.50 Å². The predicted molar refractivity (Wildman–Crippen MR) is 90.3 cm³/mol. The molecule has 0 fully saturated rings. The molecule has 2 aromatic rings. The number of aliphatic hydroxyl groups excluding tert-OH is 1. The second-order valence-electron chi connectivity index (χ2n) is 5.67. The van der Waals surface area contributed by atoms with Gasteiger partial charge in [0.2, 0.25) is 0 Å². The molecule has 0 spiro atoms. The summed E-state index contributed by atoms with van der Waals surface area (Å²) < 4.78 is 18.5. The third kappa shape index (κ3) is 3.83. The summed E-state index contributed by atoms with van der Waals surface area (Å²) in [5, 5.41) is 13.3. The number of aliphatic hydroxyl groups is 1. The van der Waals surface area contributed by atoms with Gasteiger partial charge in [-0.1, -0.05) is 30.3 Å². The van der Waals surface area contributed by atoms with Gasteiger partial charge >= 0.3 is 0 Å². The highest BCUT2D eigenvalue weighted by Gasteiger charge is 2.21. The van der Waals surface area contributed by atoms with E-state index in [0.29, 0.717) is 12.2 Å². The molecule has 4 N–H and O–H groups in total. The summed E-state index contributed by atoms with van der Waals surface area (Å²) in [5.41, 5.74) is 7.58. The Hall–Kier alpha value is -2.60. The molecule has 1 heterocycles. The van der Waals surface area contributed by atoms with Crippen molar-refractivity contribution in [2.24, 2.45) is 10.7 Å². The number of benzene rings is 2. The van der Waals surface area contributed by atoms with Crippen LogP contribution in [0.15, 0.2) is 53.5 Å². The van der Waals surface area contributed by atoms with Crippen LogP contribution in [-0.2, 0) is 0 Å². The number of fused-ring (bicyclic) bond motifs is 1. The van der Waals surface area contributed by atoms with Crippen molar-refractivity contribution in [3.05, 3.63) is 65.5 Å². The largest absolute Gasteiger partial charge is 0.493 e. The number of para-hydroxylation sites is 1. The molecule has 24 heavy (non-hydrogen) atoms. The third-order valence-electron chi connectivity index (χ3n) is 3.97. The maximum absolute atomic E-state index is 12.9. The van der Waals surface area contributed by atoms with Gasteiger partial charge < -0.3 is 20.9 Å². The molecular weight excluding hydrogens is 309 g/mol. The molecular formula is C18H20FN3O2. The molecule has 2 atom stereocenters. The van der Waals surface area contributed by atoms with Gasteiger partial charge in [-0.3, -0.25) is 4.99 Å². The van der Waals surface area contributed by atoms with Gasteiger partial charge in [0, 0.05) is 12.0 Å². The Balaban J connectivity index is 1.62. The van der Waals surface area contributed by atoms with Crippen LogP contribution in [0.5, 0.6) is 5.75 Å². The zero-order chi connectivity index (χ0) is 16.9. The number of halogens is 1. The predicted octanol–water partition coefficient (Wildman–Crippen LogP) is 2.29. The Kier molecular flexibility index (Phi) is 4.96. The summed E-state index contributed by atoms with van der Waals surface area (Å²) in [4.78, 5) is 4.19. The fraction of sp³-hybridized carbons (Fsp3) is 0.278. The fourth-order valence-corrected chi connectivity index (χ4v) is 2.69. The maximum Gasteiger partial charge on any atom is 0.189 e. The first-order valence-corrected chi connectivity index (χ1v) is 7.85. The van der Waals surface area contributed by atoms with Gasteiger partial charge in [0.25, 0.3) is 0 Å². The minimum Gasteiger partial charge on any atom is -0.493 e. The van der Waals surface area contributed by atoms with Crippen molar-refractivity contribution in [1.29, 1.82) is 0 Å². The molecule has 1 aliphatic heterocycles. The molecule has 0 bridgehead atoms. The van der Waals surface area contributed by atoms with Crippen LogP contribution in [0.25, 0.3) is 0 Å². The van der Waals surface area contributed by atoms with E-state index in [1.807, 2.05) is 24.3 Å². The first-order chi connectivity index (χ1) is 11.6. The van der Waals surface area contributed by atoms with Crippen molar-refractivity contribution in [3.8, 4) is 5.75 Å². The first-order valence-electron chi connectivity index (χ1n) is 7.85. The number of ether oxygens (including phenoxy) is 1. The molecule has 0 saturated carbocycles. The van der Waals surface area contributed by atoms with Gasteiger partial charge in [0.15, 0.2) is 5.96 Å².